The van der Waals surface area contributed by atoms with E-state index in [1.165, 1.54) is 12.7 Å². The molecule has 2 aromatic heterocycles. The van der Waals surface area contributed by atoms with Gasteiger partial charge in [-0.05, 0) is 13.8 Å². The second-order valence-corrected chi connectivity index (χ2v) is 8.81. The van der Waals surface area contributed by atoms with E-state index in [0.717, 1.165) is 0 Å². The molecule has 4 rings (SSSR count). The molecule has 0 radical (unpaired) electrons. The van der Waals surface area contributed by atoms with Gasteiger partial charge in [-0.3, -0.25) is 4.57 Å². The van der Waals surface area contributed by atoms with Crippen LogP contribution in [0.1, 0.15) is 20.1 Å². The van der Waals surface area contributed by atoms with E-state index in [9.17, 15) is 18.3 Å². The minimum absolute atomic E-state index is 0.0941. The fraction of sp³-hybridized carbons (Fsp3) is 0.571. The minimum Gasteiger partial charge on any atom is -0.464 e. The second kappa shape index (κ2) is 6.72. The molecule has 0 aromatic carbocycles. The van der Waals surface area contributed by atoms with Crippen molar-refractivity contribution < 1.29 is 32.5 Å². The van der Waals surface area contributed by atoms with Gasteiger partial charge < -0.3 is 19.3 Å². The van der Waals surface area contributed by atoms with E-state index in [4.69, 9.17) is 31.0 Å². The molecule has 0 aliphatic carbocycles. The molecule has 1 amide bonds. The third-order valence-electron chi connectivity index (χ3n) is 4.58. The molecule has 0 saturated carbocycles. The minimum atomic E-state index is -4.52. The van der Waals surface area contributed by atoms with E-state index in [0.29, 0.717) is 11.2 Å². The first-order valence-corrected chi connectivity index (χ1v) is 10.2. The van der Waals surface area contributed by atoms with Gasteiger partial charge in [-0.25, -0.2) is 24.9 Å². The van der Waals surface area contributed by atoms with Gasteiger partial charge in [-0.2, -0.15) is 12.7 Å². The summed E-state index contributed by atoms with van der Waals surface area (Å²) in [5.74, 6) is -1.01. The molecule has 29 heavy (non-hydrogen) atoms. The van der Waals surface area contributed by atoms with Crippen LogP contribution >= 0.6 is 11.6 Å². The first-order chi connectivity index (χ1) is 13.5. The van der Waals surface area contributed by atoms with Gasteiger partial charge in [0.1, 0.15) is 30.2 Å². The summed E-state index contributed by atoms with van der Waals surface area (Å²) in [5.41, 5.74) is 0.705. The van der Waals surface area contributed by atoms with Crippen LogP contribution in [0.2, 0.25) is 5.15 Å². The first kappa shape index (κ1) is 20.2. The SMILES string of the molecule is CC1(C)O[C@@H]2[C@H](O1)[C@@H](CN(C(=O)O)S(N)(=O)=O)O[C@H]2n1cnc2c(Cl)ncnc21. The zero-order valence-electron chi connectivity index (χ0n) is 15.2. The highest BCUT2D eigenvalue weighted by Gasteiger charge is 2.57. The van der Waals surface area contributed by atoms with Crippen LogP contribution < -0.4 is 5.14 Å². The Hall–Kier alpha value is -2.10. The third-order valence-corrected chi connectivity index (χ3v) is 5.78. The van der Waals surface area contributed by atoms with Gasteiger partial charge in [-0.15, -0.1) is 0 Å². The van der Waals surface area contributed by atoms with Gasteiger partial charge in [0.15, 0.2) is 22.8 Å². The molecule has 2 aromatic rings. The summed E-state index contributed by atoms with van der Waals surface area (Å²) in [5, 5.41) is 14.4. The topological polar surface area (TPSA) is 172 Å². The molecule has 2 fully saturated rings. The van der Waals surface area contributed by atoms with Gasteiger partial charge in [0, 0.05) is 0 Å². The van der Waals surface area contributed by atoms with Crippen molar-refractivity contribution in [1.82, 2.24) is 23.8 Å². The van der Waals surface area contributed by atoms with Gasteiger partial charge in [0.05, 0.1) is 12.9 Å². The monoisotopic (exact) mass is 448 g/mol. The lowest BCUT2D eigenvalue weighted by Crippen LogP contribution is -2.47. The van der Waals surface area contributed by atoms with Crippen LogP contribution in [0.5, 0.6) is 0 Å². The number of rotatable bonds is 4. The summed E-state index contributed by atoms with van der Waals surface area (Å²) in [7, 11) is -4.52. The molecule has 4 heterocycles. The van der Waals surface area contributed by atoms with Gasteiger partial charge in [-0.1, -0.05) is 11.6 Å². The third kappa shape index (κ3) is 3.51. The van der Waals surface area contributed by atoms with Crippen LogP contribution in [0.15, 0.2) is 12.7 Å². The molecule has 2 aliphatic heterocycles. The summed E-state index contributed by atoms with van der Waals surface area (Å²) in [6.45, 7) is 2.78. The quantitative estimate of drug-likeness (QED) is 0.610. The Morgan fingerprint density at radius 1 is 1.34 bits per heavy atom. The number of carbonyl (C=O) groups is 1. The average molecular weight is 449 g/mol. The Labute approximate surface area is 169 Å². The van der Waals surface area contributed by atoms with Crippen LogP contribution in [0.4, 0.5) is 4.79 Å². The molecule has 0 bridgehead atoms. The van der Waals surface area contributed by atoms with Gasteiger partial charge in [0.25, 0.3) is 0 Å². The van der Waals surface area contributed by atoms with Gasteiger partial charge in [0.2, 0.25) is 0 Å². The molecule has 3 N–H and O–H groups in total. The molecule has 15 heteroatoms. The van der Waals surface area contributed by atoms with Crippen molar-refractivity contribution in [3.8, 4) is 0 Å². The van der Waals surface area contributed by atoms with Crippen LogP contribution in [-0.2, 0) is 24.4 Å². The van der Waals surface area contributed by atoms with Crippen molar-refractivity contribution in [1.29, 1.82) is 0 Å². The fourth-order valence-corrected chi connectivity index (χ4v) is 4.24. The molecule has 158 valence electrons. The number of carboxylic acid groups (broad SMARTS) is 1. The average Bonchev–Trinajstić information content (AvgIpc) is 3.23. The van der Waals surface area contributed by atoms with E-state index in [-0.39, 0.29) is 9.46 Å². The Kier molecular flexibility index (Phi) is 4.67. The summed E-state index contributed by atoms with van der Waals surface area (Å²) in [6.07, 6.45) is -2.34. The lowest BCUT2D eigenvalue weighted by Gasteiger charge is -2.26. The molecule has 2 saturated heterocycles. The van der Waals surface area contributed by atoms with Crippen LogP contribution in [0.3, 0.4) is 0 Å². The van der Waals surface area contributed by atoms with E-state index in [1.54, 1.807) is 18.4 Å². The standard InChI is InChI=1S/C14H17ClN6O7S/c1-14(2)27-8-6(3-21(13(22)23)29(16,24)25)26-12(9(8)28-14)20-5-19-7-10(15)17-4-18-11(7)20/h4-6,8-9,12H,3H2,1-2H3,(H,22,23)(H2,16,24,25)/t6-,8-,9-,12-/m1/s1. The predicted octanol–water partition coefficient (Wildman–Crippen LogP) is 0.0807. The summed E-state index contributed by atoms with van der Waals surface area (Å²) in [4.78, 5) is 23.6. The maximum atomic E-state index is 11.7. The number of ether oxygens (including phenoxy) is 3. The largest absolute Gasteiger partial charge is 0.464 e. The maximum Gasteiger partial charge on any atom is 0.422 e. The van der Waals surface area contributed by atoms with Crippen LogP contribution in [0, 0.1) is 0 Å². The molecule has 0 unspecified atom stereocenters. The Bertz CT molecular complexity index is 1080. The predicted molar refractivity (Wildman–Crippen MR) is 95.9 cm³/mol. The highest BCUT2D eigenvalue weighted by Crippen LogP contribution is 2.44. The number of nitrogens with two attached hydrogens (primary N) is 1. The first-order valence-electron chi connectivity index (χ1n) is 8.35. The molecule has 2 aliphatic rings. The van der Waals surface area contributed by atoms with Crippen molar-refractivity contribution >= 4 is 39.1 Å². The Morgan fingerprint density at radius 3 is 2.69 bits per heavy atom. The second-order valence-electron chi connectivity index (χ2n) is 6.98. The lowest BCUT2D eigenvalue weighted by atomic mass is 10.1. The summed E-state index contributed by atoms with van der Waals surface area (Å²) >= 11 is 6.04. The number of fused-ring (bicyclic) bond motifs is 2. The molecular weight excluding hydrogens is 432 g/mol. The highest BCUT2D eigenvalue weighted by molar-refractivity contribution is 7.87. The lowest BCUT2D eigenvalue weighted by molar-refractivity contribution is -0.196. The number of hydrogen-bond donors (Lipinski definition) is 2. The van der Waals surface area contributed by atoms with Crippen LogP contribution in [0.25, 0.3) is 11.2 Å². The normalized spacial score (nSPS) is 28.6. The molecule has 4 atom stereocenters. The van der Waals surface area contributed by atoms with E-state index < -0.39 is 53.2 Å². The van der Waals surface area contributed by atoms with E-state index in [2.05, 4.69) is 15.0 Å². The number of imidazole rings is 1. The van der Waals surface area contributed by atoms with Crippen molar-refractivity contribution in [2.45, 2.75) is 44.2 Å². The fourth-order valence-electron chi connectivity index (χ4n) is 3.49. The smallest absolute Gasteiger partial charge is 0.422 e. The summed E-state index contributed by atoms with van der Waals surface area (Å²) in [6, 6.07) is 0. The number of halogens is 1. The number of aromatic nitrogens is 4. The zero-order chi connectivity index (χ0) is 21.1. The maximum absolute atomic E-state index is 11.7. The van der Waals surface area contributed by atoms with E-state index in [1.807, 2.05) is 0 Å². The Morgan fingerprint density at radius 2 is 2.03 bits per heavy atom. The number of hydrogen-bond acceptors (Lipinski definition) is 9. The zero-order valence-corrected chi connectivity index (χ0v) is 16.7. The molecule has 0 spiro atoms. The Balaban J connectivity index is 1.71. The van der Waals surface area contributed by atoms with Crippen LogP contribution in [-0.4, -0.2) is 74.1 Å². The van der Waals surface area contributed by atoms with E-state index >= 15 is 0 Å². The van der Waals surface area contributed by atoms with Crippen molar-refractivity contribution in [2.24, 2.45) is 5.14 Å². The van der Waals surface area contributed by atoms with Crippen molar-refractivity contribution in [3.05, 3.63) is 17.8 Å². The van der Waals surface area contributed by atoms with Crippen molar-refractivity contribution in [3.63, 3.8) is 0 Å². The summed E-state index contributed by atoms with van der Waals surface area (Å²) < 4.78 is 42.7. The molecular formula is C14H17ClN6O7S. The number of nitrogens with zero attached hydrogens (tertiary/aromatic N) is 5. The van der Waals surface area contributed by atoms with Crippen molar-refractivity contribution in [2.75, 3.05) is 6.54 Å². The number of amides is 1. The van der Waals surface area contributed by atoms with Gasteiger partial charge >= 0.3 is 16.3 Å². The molecule has 13 nitrogen and oxygen atoms in total. The highest BCUT2D eigenvalue weighted by atomic mass is 35.5.